The number of benzene rings is 1. The molecule has 0 bridgehead atoms. The van der Waals surface area contributed by atoms with Crippen LogP contribution in [0.3, 0.4) is 0 Å². The van der Waals surface area contributed by atoms with Crippen molar-refractivity contribution in [2.45, 2.75) is 19.9 Å². The molecule has 0 aliphatic heterocycles. The molecule has 0 unspecified atom stereocenters. The third-order valence-corrected chi connectivity index (χ3v) is 3.92. The van der Waals surface area contributed by atoms with Crippen LogP contribution >= 0.6 is 11.3 Å². The van der Waals surface area contributed by atoms with Crippen LogP contribution < -0.4 is 5.32 Å². The lowest BCUT2D eigenvalue weighted by atomic mass is 10.1. The third-order valence-electron chi connectivity index (χ3n) is 2.87. The van der Waals surface area contributed by atoms with Gasteiger partial charge in [0.25, 0.3) is 0 Å². The van der Waals surface area contributed by atoms with Gasteiger partial charge in [-0.15, -0.1) is 11.3 Å². The maximum atomic E-state index is 13.3. The largest absolute Gasteiger partial charge is 0.342 e. The molecule has 1 aromatic heterocycles. The van der Waals surface area contributed by atoms with Gasteiger partial charge in [0.05, 0.1) is 11.4 Å². The fourth-order valence-corrected chi connectivity index (χ4v) is 2.71. The van der Waals surface area contributed by atoms with Crippen molar-refractivity contribution >= 4 is 11.3 Å². The summed E-state index contributed by atoms with van der Waals surface area (Å²) in [6.45, 7) is 4.06. The Hall–Kier alpha value is -1.19. The molecule has 0 saturated carbocycles. The summed E-state index contributed by atoms with van der Waals surface area (Å²) in [7, 11) is 0. The van der Waals surface area contributed by atoms with Gasteiger partial charge in [0, 0.05) is 6.42 Å². The van der Waals surface area contributed by atoms with Gasteiger partial charge in [0.15, 0.2) is 0 Å². The standard InChI is InChI=1S/C14H16FNS/c1-11-7-9-17-14(11)10-16-8-6-12-4-2-3-5-13(12)15/h2-5,7,9,16H,6,8,10H2,1H3/p+1. The van der Waals surface area contributed by atoms with Crippen molar-refractivity contribution < 1.29 is 9.71 Å². The van der Waals surface area contributed by atoms with Crippen molar-refractivity contribution in [2.75, 3.05) is 6.54 Å². The highest BCUT2D eigenvalue weighted by Gasteiger charge is 2.03. The van der Waals surface area contributed by atoms with Crippen LogP contribution in [0.25, 0.3) is 0 Å². The van der Waals surface area contributed by atoms with Crippen LogP contribution in [0.2, 0.25) is 0 Å². The minimum absolute atomic E-state index is 0.0896. The zero-order valence-electron chi connectivity index (χ0n) is 9.95. The first-order valence-corrected chi connectivity index (χ1v) is 6.73. The van der Waals surface area contributed by atoms with E-state index in [9.17, 15) is 4.39 Å². The fraction of sp³-hybridized carbons (Fsp3) is 0.286. The average molecular weight is 250 g/mol. The first kappa shape index (κ1) is 12.3. The Labute approximate surface area is 105 Å². The maximum Gasteiger partial charge on any atom is 0.126 e. The summed E-state index contributed by atoms with van der Waals surface area (Å²) in [5.74, 6) is -0.0896. The van der Waals surface area contributed by atoms with Gasteiger partial charge in [-0.1, -0.05) is 18.2 Å². The molecular weight excluding hydrogens is 233 g/mol. The summed E-state index contributed by atoms with van der Waals surface area (Å²) in [4.78, 5) is 1.42. The van der Waals surface area contributed by atoms with Crippen LogP contribution in [-0.2, 0) is 13.0 Å². The van der Waals surface area contributed by atoms with Crippen molar-refractivity contribution in [3.8, 4) is 0 Å². The maximum absolute atomic E-state index is 13.3. The van der Waals surface area contributed by atoms with E-state index in [1.807, 2.05) is 12.1 Å². The Bertz CT molecular complexity index is 479. The third kappa shape index (κ3) is 3.38. The lowest BCUT2D eigenvalue weighted by Crippen LogP contribution is -2.83. The molecular formula is C14H17FNS+. The number of hydrogen-bond donors (Lipinski definition) is 1. The first-order chi connectivity index (χ1) is 8.27. The van der Waals surface area contributed by atoms with Gasteiger partial charge in [0.2, 0.25) is 0 Å². The van der Waals surface area contributed by atoms with Crippen LogP contribution in [0.5, 0.6) is 0 Å². The molecule has 1 nitrogen and oxygen atoms in total. The molecule has 0 amide bonds. The number of hydrogen-bond acceptors (Lipinski definition) is 1. The monoisotopic (exact) mass is 250 g/mol. The van der Waals surface area contributed by atoms with E-state index in [-0.39, 0.29) is 5.82 Å². The second-order valence-electron chi connectivity index (χ2n) is 4.15. The molecule has 0 atom stereocenters. The molecule has 2 rings (SSSR count). The van der Waals surface area contributed by atoms with Gasteiger partial charge in [-0.2, -0.15) is 0 Å². The molecule has 2 N–H and O–H groups in total. The summed E-state index contributed by atoms with van der Waals surface area (Å²) in [6, 6.07) is 9.16. The number of halogens is 1. The number of nitrogens with two attached hydrogens (primary N) is 1. The minimum Gasteiger partial charge on any atom is -0.342 e. The Morgan fingerprint density at radius 2 is 2.06 bits per heavy atom. The molecule has 0 spiro atoms. The smallest absolute Gasteiger partial charge is 0.126 e. The van der Waals surface area contributed by atoms with E-state index in [0.29, 0.717) is 0 Å². The van der Waals surface area contributed by atoms with E-state index < -0.39 is 0 Å². The molecule has 3 heteroatoms. The summed E-state index contributed by atoms with van der Waals surface area (Å²) in [6.07, 6.45) is 0.789. The van der Waals surface area contributed by atoms with E-state index in [1.54, 1.807) is 17.4 Å². The molecule has 0 fully saturated rings. The number of aryl methyl sites for hydroxylation is 1. The van der Waals surface area contributed by atoms with Crippen LogP contribution in [0.4, 0.5) is 4.39 Å². The van der Waals surface area contributed by atoms with Crippen molar-refractivity contribution in [1.29, 1.82) is 0 Å². The molecule has 0 aliphatic carbocycles. The van der Waals surface area contributed by atoms with Gasteiger partial charge < -0.3 is 5.32 Å². The normalized spacial score (nSPS) is 10.7. The summed E-state index contributed by atoms with van der Waals surface area (Å²) >= 11 is 1.79. The Kier molecular flexibility index (Phi) is 4.29. The van der Waals surface area contributed by atoms with Crippen LogP contribution in [0.15, 0.2) is 35.7 Å². The van der Waals surface area contributed by atoms with Gasteiger partial charge >= 0.3 is 0 Å². The topological polar surface area (TPSA) is 16.6 Å². The molecule has 17 heavy (non-hydrogen) atoms. The van der Waals surface area contributed by atoms with E-state index >= 15 is 0 Å². The minimum atomic E-state index is -0.0896. The summed E-state index contributed by atoms with van der Waals surface area (Å²) in [5.41, 5.74) is 2.17. The Morgan fingerprint density at radius 1 is 1.24 bits per heavy atom. The van der Waals surface area contributed by atoms with Crippen molar-refractivity contribution in [2.24, 2.45) is 0 Å². The zero-order chi connectivity index (χ0) is 12.1. The molecule has 1 heterocycles. The van der Waals surface area contributed by atoms with Gasteiger partial charge in [-0.25, -0.2) is 4.39 Å². The number of quaternary nitrogens is 1. The van der Waals surface area contributed by atoms with Crippen LogP contribution in [0, 0.1) is 12.7 Å². The first-order valence-electron chi connectivity index (χ1n) is 5.85. The van der Waals surface area contributed by atoms with Crippen molar-refractivity contribution in [3.05, 3.63) is 57.5 Å². The van der Waals surface area contributed by atoms with Gasteiger partial charge in [-0.3, -0.25) is 0 Å². The average Bonchev–Trinajstić information content (AvgIpc) is 2.73. The summed E-state index contributed by atoms with van der Waals surface area (Å²) in [5, 5.41) is 4.36. The van der Waals surface area contributed by atoms with E-state index in [2.05, 4.69) is 23.7 Å². The molecule has 0 saturated heterocycles. The Balaban J connectivity index is 1.77. The van der Waals surface area contributed by atoms with Crippen molar-refractivity contribution in [1.82, 2.24) is 0 Å². The van der Waals surface area contributed by atoms with E-state index in [1.165, 1.54) is 16.5 Å². The zero-order valence-corrected chi connectivity index (χ0v) is 10.8. The van der Waals surface area contributed by atoms with Crippen molar-refractivity contribution in [3.63, 3.8) is 0 Å². The van der Waals surface area contributed by atoms with E-state index in [0.717, 1.165) is 25.1 Å². The predicted molar refractivity (Wildman–Crippen MR) is 69.7 cm³/mol. The van der Waals surface area contributed by atoms with Crippen LogP contribution in [0.1, 0.15) is 16.0 Å². The molecule has 2 aromatic rings. The quantitative estimate of drug-likeness (QED) is 0.785. The lowest BCUT2D eigenvalue weighted by Gasteiger charge is -2.03. The predicted octanol–water partition coefficient (Wildman–Crippen LogP) is 2.50. The highest BCUT2D eigenvalue weighted by Crippen LogP contribution is 2.13. The van der Waals surface area contributed by atoms with Gasteiger partial charge in [0.1, 0.15) is 12.4 Å². The number of rotatable bonds is 5. The van der Waals surface area contributed by atoms with Gasteiger partial charge in [-0.05, 0) is 35.6 Å². The second-order valence-corrected chi connectivity index (χ2v) is 5.15. The lowest BCUT2D eigenvalue weighted by molar-refractivity contribution is -0.669. The summed E-state index contributed by atoms with van der Waals surface area (Å²) < 4.78 is 13.3. The number of thiophene rings is 1. The SMILES string of the molecule is Cc1ccsc1C[NH2+]CCc1ccccc1F. The second kappa shape index (κ2) is 5.94. The molecule has 1 aromatic carbocycles. The highest BCUT2D eigenvalue weighted by molar-refractivity contribution is 7.10. The highest BCUT2D eigenvalue weighted by atomic mass is 32.1. The van der Waals surface area contributed by atoms with Crippen LogP contribution in [-0.4, -0.2) is 6.54 Å². The van der Waals surface area contributed by atoms with E-state index in [4.69, 9.17) is 0 Å². The Morgan fingerprint density at radius 3 is 2.76 bits per heavy atom. The molecule has 0 aliphatic rings. The molecule has 0 radical (unpaired) electrons. The molecule has 90 valence electrons. The fourth-order valence-electron chi connectivity index (χ4n) is 1.81.